The van der Waals surface area contributed by atoms with Crippen LogP contribution >= 0.6 is 27.5 Å². The lowest BCUT2D eigenvalue weighted by atomic mass is 10.2. The van der Waals surface area contributed by atoms with Gasteiger partial charge in [0.1, 0.15) is 18.7 Å². The minimum absolute atomic E-state index is 0.0828. The van der Waals surface area contributed by atoms with Crippen molar-refractivity contribution in [3.63, 3.8) is 0 Å². The monoisotopic (exact) mass is 456 g/mol. The summed E-state index contributed by atoms with van der Waals surface area (Å²) in [5, 5.41) is 8.57. The summed E-state index contributed by atoms with van der Waals surface area (Å²) >= 11 is 9.32. The number of anilines is 2. The Kier molecular flexibility index (Phi) is 4.39. The fourth-order valence-electron chi connectivity index (χ4n) is 2.74. The van der Waals surface area contributed by atoms with Gasteiger partial charge in [0, 0.05) is 21.1 Å². The molecule has 3 aromatic heterocycles. The van der Waals surface area contributed by atoms with Gasteiger partial charge in [0.15, 0.2) is 0 Å². The molecule has 11 heteroatoms. The molecule has 0 amide bonds. The molecule has 0 aliphatic carbocycles. The molecule has 0 saturated carbocycles. The Morgan fingerprint density at radius 1 is 1.19 bits per heavy atom. The molecule has 0 spiro atoms. The summed E-state index contributed by atoms with van der Waals surface area (Å²) in [5.41, 5.74) is 0.775. The number of halogens is 5. The molecule has 27 heavy (non-hydrogen) atoms. The van der Waals surface area contributed by atoms with Crippen LogP contribution in [0.15, 0.2) is 47.5 Å². The fourth-order valence-corrected chi connectivity index (χ4v) is 3.26. The first-order valence-electron chi connectivity index (χ1n) is 7.56. The van der Waals surface area contributed by atoms with Crippen LogP contribution in [0.5, 0.6) is 0 Å². The van der Waals surface area contributed by atoms with Crippen LogP contribution in [0.4, 0.5) is 24.7 Å². The third-order valence-corrected chi connectivity index (χ3v) is 4.46. The molecule has 0 N–H and O–H groups in total. The van der Waals surface area contributed by atoms with Gasteiger partial charge in [-0.05, 0) is 40.2 Å². The second-order valence-corrected chi connectivity index (χ2v) is 7.01. The molecule has 0 atom stereocenters. The summed E-state index contributed by atoms with van der Waals surface area (Å²) in [5.74, 6) is 0.245. The maximum absolute atomic E-state index is 13.3. The maximum atomic E-state index is 13.3. The normalized spacial score (nSPS) is 12.0. The van der Waals surface area contributed by atoms with Crippen LogP contribution in [-0.4, -0.2) is 37.3 Å². The first-order chi connectivity index (χ1) is 12.8. The zero-order valence-electron chi connectivity index (χ0n) is 13.3. The van der Waals surface area contributed by atoms with Gasteiger partial charge in [0.25, 0.3) is 5.78 Å². The molecule has 6 nitrogen and oxygen atoms in total. The van der Waals surface area contributed by atoms with Crippen molar-refractivity contribution in [3.8, 4) is 0 Å². The number of hydrogen-bond donors (Lipinski definition) is 0. The molecular formula is C16H9BrClF3N6. The number of alkyl halides is 3. The highest BCUT2D eigenvalue weighted by atomic mass is 79.9. The van der Waals surface area contributed by atoms with E-state index < -0.39 is 12.7 Å². The number of nitrogens with zero attached hydrogens (tertiary/aromatic N) is 6. The van der Waals surface area contributed by atoms with Gasteiger partial charge in [0.2, 0.25) is 0 Å². The van der Waals surface area contributed by atoms with Gasteiger partial charge in [-0.2, -0.15) is 18.2 Å². The van der Waals surface area contributed by atoms with Gasteiger partial charge in [-0.15, -0.1) is 10.2 Å². The Bertz CT molecular complexity index is 1150. The van der Waals surface area contributed by atoms with Gasteiger partial charge in [-0.1, -0.05) is 11.6 Å². The summed E-state index contributed by atoms with van der Waals surface area (Å²) in [7, 11) is 0. The lowest BCUT2D eigenvalue weighted by molar-refractivity contribution is -0.118. The fraction of sp³-hybridized carbons (Fsp3) is 0.125. The zero-order valence-corrected chi connectivity index (χ0v) is 15.7. The second-order valence-electron chi connectivity index (χ2n) is 5.66. The molecule has 0 aliphatic heterocycles. The summed E-state index contributed by atoms with van der Waals surface area (Å²) < 4.78 is 42.1. The van der Waals surface area contributed by atoms with Gasteiger partial charge < -0.3 is 4.90 Å². The smallest absolute Gasteiger partial charge is 0.315 e. The topological polar surface area (TPSA) is 59.2 Å². The van der Waals surface area contributed by atoms with Gasteiger partial charge >= 0.3 is 6.18 Å². The highest BCUT2D eigenvalue weighted by Crippen LogP contribution is 2.35. The number of benzene rings is 1. The number of pyridine rings is 1. The standard InChI is InChI=1S/C16H9BrClF3N6/c17-9-3-11(6-22-5-9)26(7-16(19,20)21)14-12-2-1-10(18)4-13(12)27-8-23-25-15(27)24-14/h1-6,8H,7H2. The first-order valence-corrected chi connectivity index (χ1v) is 8.73. The number of rotatable bonds is 3. The van der Waals surface area contributed by atoms with Crippen LogP contribution in [0, 0.1) is 0 Å². The highest BCUT2D eigenvalue weighted by molar-refractivity contribution is 9.10. The summed E-state index contributed by atoms with van der Waals surface area (Å²) in [4.78, 5) is 9.33. The van der Waals surface area contributed by atoms with Crippen LogP contribution in [0.25, 0.3) is 16.7 Å². The van der Waals surface area contributed by atoms with E-state index in [0.29, 0.717) is 20.4 Å². The Hall–Kier alpha value is -2.46. The molecule has 4 rings (SSSR count). The average molecular weight is 458 g/mol. The van der Waals surface area contributed by atoms with Crippen molar-refractivity contribution < 1.29 is 13.2 Å². The third kappa shape index (κ3) is 3.54. The summed E-state index contributed by atoms with van der Waals surface area (Å²) in [6.45, 7) is -1.25. The number of aromatic nitrogens is 5. The SMILES string of the molecule is FC(F)(F)CN(c1cncc(Br)c1)c1nc2nncn2c2cc(Cl)ccc12. The van der Waals surface area contributed by atoms with E-state index in [1.165, 1.54) is 24.8 Å². The Balaban J connectivity index is 2.02. The van der Waals surface area contributed by atoms with E-state index in [4.69, 9.17) is 11.6 Å². The minimum Gasteiger partial charge on any atom is -0.315 e. The van der Waals surface area contributed by atoms with Crippen molar-refractivity contribution in [1.82, 2.24) is 24.6 Å². The molecule has 3 heterocycles. The highest BCUT2D eigenvalue weighted by Gasteiger charge is 2.33. The van der Waals surface area contributed by atoms with Gasteiger partial charge in [-0.3, -0.25) is 9.38 Å². The Morgan fingerprint density at radius 3 is 2.74 bits per heavy atom. The lowest BCUT2D eigenvalue weighted by Crippen LogP contribution is -2.31. The predicted molar refractivity (Wildman–Crippen MR) is 98.3 cm³/mol. The van der Waals surface area contributed by atoms with E-state index in [1.807, 2.05) is 0 Å². The van der Waals surface area contributed by atoms with Crippen LogP contribution in [0.2, 0.25) is 5.02 Å². The molecule has 4 aromatic rings. The van der Waals surface area contributed by atoms with Crippen molar-refractivity contribution >= 4 is 55.7 Å². The van der Waals surface area contributed by atoms with Crippen molar-refractivity contribution in [2.75, 3.05) is 11.4 Å². The first kappa shape index (κ1) is 17.9. The number of hydrogen-bond acceptors (Lipinski definition) is 5. The Morgan fingerprint density at radius 2 is 2.00 bits per heavy atom. The molecule has 1 aromatic carbocycles. The number of fused-ring (bicyclic) bond motifs is 3. The van der Waals surface area contributed by atoms with E-state index in [0.717, 1.165) is 4.90 Å². The maximum Gasteiger partial charge on any atom is 0.406 e. The van der Waals surface area contributed by atoms with Crippen LogP contribution in [0.1, 0.15) is 0 Å². The predicted octanol–water partition coefficient (Wildman–Crippen LogP) is 4.79. The largest absolute Gasteiger partial charge is 0.406 e. The average Bonchev–Trinajstić information content (AvgIpc) is 3.07. The molecule has 0 aliphatic rings. The summed E-state index contributed by atoms with van der Waals surface area (Å²) in [6, 6.07) is 6.38. The van der Waals surface area contributed by atoms with Gasteiger partial charge in [0.05, 0.1) is 17.4 Å². The minimum atomic E-state index is -4.47. The van der Waals surface area contributed by atoms with Crippen molar-refractivity contribution in [3.05, 3.63) is 52.5 Å². The second kappa shape index (κ2) is 6.61. The van der Waals surface area contributed by atoms with E-state index in [2.05, 4.69) is 36.1 Å². The van der Waals surface area contributed by atoms with E-state index in [9.17, 15) is 13.2 Å². The third-order valence-electron chi connectivity index (χ3n) is 3.79. The van der Waals surface area contributed by atoms with E-state index in [1.54, 1.807) is 22.6 Å². The molecule has 138 valence electrons. The zero-order chi connectivity index (χ0) is 19.2. The molecule has 0 saturated heterocycles. The molecule has 0 radical (unpaired) electrons. The van der Waals surface area contributed by atoms with Crippen molar-refractivity contribution in [1.29, 1.82) is 0 Å². The van der Waals surface area contributed by atoms with Crippen molar-refractivity contribution in [2.24, 2.45) is 0 Å². The lowest BCUT2D eigenvalue weighted by Gasteiger charge is -2.26. The molecule has 0 fully saturated rings. The van der Waals surface area contributed by atoms with Crippen LogP contribution in [0.3, 0.4) is 0 Å². The molecule has 0 unspecified atom stereocenters. The van der Waals surface area contributed by atoms with Crippen LogP contribution < -0.4 is 4.90 Å². The van der Waals surface area contributed by atoms with E-state index >= 15 is 0 Å². The Labute approximate surface area is 163 Å². The molecule has 0 bridgehead atoms. The quantitative estimate of drug-likeness (QED) is 0.443. The van der Waals surface area contributed by atoms with Crippen molar-refractivity contribution in [2.45, 2.75) is 6.18 Å². The van der Waals surface area contributed by atoms with Gasteiger partial charge in [-0.25, -0.2) is 0 Å². The molecular weight excluding hydrogens is 449 g/mol. The van der Waals surface area contributed by atoms with E-state index in [-0.39, 0.29) is 17.3 Å². The van der Waals surface area contributed by atoms with Crippen LogP contribution in [-0.2, 0) is 0 Å². The summed E-state index contributed by atoms with van der Waals surface area (Å²) in [6.07, 6.45) is -0.210.